The Bertz CT molecular complexity index is 543. The van der Waals surface area contributed by atoms with Crippen LogP contribution in [0, 0.1) is 10.1 Å². The number of ketones is 1. The first-order valence-corrected chi connectivity index (χ1v) is 7.28. The number of non-ortho nitro benzene ring substituents is 1. The molecule has 1 aliphatic heterocycles. The van der Waals surface area contributed by atoms with E-state index in [-0.39, 0.29) is 17.6 Å². The maximum absolute atomic E-state index is 12.3. The highest BCUT2D eigenvalue weighted by molar-refractivity contribution is 5.97. The summed E-state index contributed by atoms with van der Waals surface area (Å²) in [6, 6.07) is 6.18. The van der Waals surface area contributed by atoms with Crippen molar-refractivity contribution in [2.75, 3.05) is 19.7 Å². The van der Waals surface area contributed by atoms with Gasteiger partial charge >= 0.3 is 0 Å². The molecule has 3 rings (SSSR count). The van der Waals surface area contributed by atoms with E-state index >= 15 is 0 Å². The first-order valence-electron chi connectivity index (χ1n) is 7.28. The van der Waals surface area contributed by atoms with E-state index in [1.165, 1.54) is 24.3 Å². The second-order valence-electron chi connectivity index (χ2n) is 5.61. The highest BCUT2D eigenvalue weighted by Gasteiger charge is 2.36. The Kier molecular flexibility index (Phi) is 3.98. The quantitative estimate of drug-likeness (QED) is 0.482. The fourth-order valence-electron chi connectivity index (χ4n) is 3.25. The highest BCUT2D eigenvalue weighted by atomic mass is 16.6. The number of hydrogen-bond donors (Lipinski definition) is 0. The summed E-state index contributed by atoms with van der Waals surface area (Å²) in [5.41, 5.74) is 0.537. The topological polar surface area (TPSA) is 72.7 Å². The molecule has 0 amide bonds. The molecule has 2 atom stereocenters. The van der Waals surface area contributed by atoms with E-state index in [0.717, 1.165) is 25.8 Å². The lowest BCUT2D eigenvalue weighted by Gasteiger charge is -2.37. The van der Waals surface area contributed by atoms with E-state index in [4.69, 9.17) is 4.74 Å². The molecule has 112 valence electrons. The van der Waals surface area contributed by atoms with Crippen LogP contribution in [-0.4, -0.2) is 47.4 Å². The van der Waals surface area contributed by atoms with Gasteiger partial charge in [0, 0.05) is 30.3 Å². The number of benzene rings is 1. The minimum Gasteiger partial charge on any atom is -0.375 e. The minimum atomic E-state index is -0.459. The predicted molar refractivity (Wildman–Crippen MR) is 76.4 cm³/mol. The van der Waals surface area contributed by atoms with Crippen molar-refractivity contribution >= 4 is 11.5 Å². The largest absolute Gasteiger partial charge is 0.375 e. The SMILES string of the molecule is O=C(CN1CCOC2CCCC21)c1ccc([N+](=O)[O-])cc1. The van der Waals surface area contributed by atoms with Gasteiger partial charge in [0.25, 0.3) is 5.69 Å². The summed E-state index contributed by atoms with van der Waals surface area (Å²) >= 11 is 0. The molecule has 1 heterocycles. The Hall–Kier alpha value is -1.79. The minimum absolute atomic E-state index is 0.00813. The molecule has 1 saturated heterocycles. The number of carbonyl (C=O) groups excluding carboxylic acids is 1. The van der Waals surface area contributed by atoms with Crippen molar-refractivity contribution in [1.29, 1.82) is 0 Å². The van der Waals surface area contributed by atoms with Gasteiger partial charge in [-0.1, -0.05) is 0 Å². The van der Waals surface area contributed by atoms with Crippen LogP contribution in [0.5, 0.6) is 0 Å². The number of carbonyl (C=O) groups is 1. The third kappa shape index (κ3) is 2.96. The normalized spacial score (nSPS) is 25.5. The van der Waals surface area contributed by atoms with Crippen LogP contribution < -0.4 is 0 Å². The van der Waals surface area contributed by atoms with E-state index in [0.29, 0.717) is 24.8 Å². The lowest BCUT2D eigenvalue weighted by molar-refractivity contribution is -0.384. The fraction of sp³-hybridized carbons (Fsp3) is 0.533. The van der Waals surface area contributed by atoms with Crippen molar-refractivity contribution < 1.29 is 14.5 Å². The number of fused-ring (bicyclic) bond motifs is 1. The molecule has 2 fully saturated rings. The number of rotatable bonds is 4. The van der Waals surface area contributed by atoms with Crippen LogP contribution in [0.25, 0.3) is 0 Å². The Morgan fingerprint density at radius 2 is 2.10 bits per heavy atom. The standard InChI is InChI=1S/C15H18N2O4/c18-14(11-4-6-12(7-5-11)17(19)20)10-16-8-9-21-15-3-1-2-13(15)16/h4-7,13,15H,1-3,8-10H2. The molecule has 1 aliphatic carbocycles. The van der Waals surface area contributed by atoms with E-state index < -0.39 is 4.92 Å². The van der Waals surface area contributed by atoms with E-state index in [2.05, 4.69) is 4.90 Å². The molecule has 0 spiro atoms. The highest BCUT2D eigenvalue weighted by Crippen LogP contribution is 2.29. The second kappa shape index (κ2) is 5.91. The van der Waals surface area contributed by atoms with Gasteiger partial charge in [-0.2, -0.15) is 0 Å². The molecule has 0 aromatic heterocycles. The van der Waals surface area contributed by atoms with Crippen LogP contribution in [-0.2, 0) is 4.74 Å². The Morgan fingerprint density at radius 3 is 2.81 bits per heavy atom. The second-order valence-corrected chi connectivity index (χ2v) is 5.61. The smallest absolute Gasteiger partial charge is 0.269 e. The number of hydrogen-bond acceptors (Lipinski definition) is 5. The summed E-state index contributed by atoms with van der Waals surface area (Å²) in [6.07, 6.45) is 3.58. The van der Waals surface area contributed by atoms with E-state index in [1.54, 1.807) is 0 Å². The van der Waals surface area contributed by atoms with Crippen LogP contribution in [0.4, 0.5) is 5.69 Å². The van der Waals surface area contributed by atoms with Gasteiger partial charge in [0.15, 0.2) is 5.78 Å². The van der Waals surface area contributed by atoms with Gasteiger partial charge < -0.3 is 4.74 Å². The molecule has 6 heteroatoms. The zero-order valence-corrected chi connectivity index (χ0v) is 11.7. The van der Waals surface area contributed by atoms with Crippen LogP contribution in [0.1, 0.15) is 29.6 Å². The third-order valence-corrected chi connectivity index (χ3v) is 4.34. The van der Waals surface area contributed by atoms with Gasteiger partial charge in [0.1, 0.15) is 0 Å². The lowest BCUT2D eigenvalue weighted by atomic mass is 10.1. The van der Waals surface area contributed by atoms with Crippen molar-refractivity contribution in [3.8, 4) is 0 Å². The van der Waals surface area contributed by atoms with Crippen LogP contribution in [0.15, 0.2) is 24.3 Å². The Labute approximate surface area is 122 Å². The van der Waals surface area contributed by atoms with Crippen LogP contribution >= 0.6 is 0 Å². The van der Waals surface area contributed by atoms with Gasteiger partial charge in [0.2, 0.25) is 0 Å². The first kappa shape index (κ1) is 14.2. The molecule has 6 nitrogen and oxygen atoms in total. The molecular formula is C15H18N2O4. The average Bonchev–Trinajstić information content (AvgIpc) is 2.97. The average molecular weight is 290 g/mol. The number of ether oxygens (including phenoxy) is 1. The molecule has 1 aromatic rings. The van der Waals surface area contributed by atoms with Gasteiger partial charge in [-0.15, -0.1) is 0 Å². The molecule has 0 radical (unpaired) electrons. The number of Topliss-reactive ketones (excluding diaryl/α,β-unsaturated/α-hetero) is 1. The van der Waals surface area contributed by atoms with Crippen molar-refractivity contribution in [1.82, 2.24) is 4.90 Å². The molecule has 2 unspecified atom stereocenters. The Morgan fingerprint density at radius 1 is 1.33 bits per heavy atom. The van der Waals surface area contributed by atoms with E-state index in [9.17, 15) is 14.9 Å². The summed E-state index contributed by atoms with van der Waals surface area (Å²) in [7, 11) is 0. The predicted octanol–water partition coefficient (Wildman–Crippen LogP) is 2.03. The lowest BCUT2D eigenvalue weighted by Crippen LogP contribution is -2.50. The maximum atomic E-state index is 12.3. The summed E-state index contributed by atoms with van der Waals surface area (Å²) in [4.78, 5) is 24.7. The number of morpholine rings is 1. The van der Waals surface area contributed by atoms with Gasteiger partial charge in [-0.3, -0.25) is 19.8 Å². The molecule has 0 N–H and O–H groups in total. The van der Waals surface area contributed by atoms with Crippen molar-refractivity contribution in [3.63, 3.8) is 0 Å². The summed E-state index contributed by atoms with van der Waals surface area (Å²) in [6.45, 7) is 1.82. The number of nitrogens with zero attached hydrogens (tertiary/aromatic N) is 2. The maximum Gasteiger partial charge on any atom is 0.269 e. The molecule has 21 heavy (non-hydrogen) atoms. The van der Waals surface area contributed by atoms with Crippen LogP contribution in [0.3, 0.4) is 0 Å². The monoisotopic (exact) mass is 290 g/mol. The third-order valence-electron chi connectivity index (χ3n) is 4.34. The zero-order chi connectivity index (χ0) is 14.8. The fourth-order valence-corrected chi connectivity index (χ4v) is 3.25. The van der Waals surface area contributed by atoms with Crippen molar-refractivity contribution in [3.05, 3.63) is 39.9 Å². The van der Waals surface area contributed by atoms with Gasteiger partial charge in [-0.25, -0.2) is 0 Å². The Balaban J connectivity index is 1.66. The van der Waals surface area contributed by atoms with Crippen molar-refractivity contribution in [2.24, 2.45) is 0 Å². The number of nitro benzene ring substituents is 1. The van der Waals surface area contributed by atoms with Crippen LogP contribution in [0.2, 0.25) is 0 Å². The molecule has 0 bridgehead atoms. The van der Waals surface area contributed by atoms with E-state index in [1.807, 2.05) is 0 Å². The summed E-state index contributed by atoms with van der Waals surface area (Å²) < 4.78 is 5.73. The molecular weight excluding hydrogens is 272 g/mol. The molecule has 1 aromatic carbocycles. The van der Waals surface area contributed by atoms with Crippen molar-refractivity contribution in [2.45, 2.75) is 31.4 Å². The summed E-state index contributed by atoms with van der Waals surface area (Å²) in [5, 5.41) is 10.6. The first-order chi connectivity index (χ1) is 10.1. The summed E-state index contributed by atoms with van der Waals surface area (Å²) in [5.74, 6) is 0.0115. The van der Waals surface area contributed by atoms with Gasteiger partial charge in [-0.05, 0) is 31.4 Å². The molecule has 1 saturated carbocycles. The zero-order valence-electron chi connectivity index (χ0n) is 11.7. The van der Waals surface area contributed by atoms with Gasteiger partial charge in [0.05, 0.1) is 24.2 Å². The molecule has 2 aliphatic rings. The number of nitro groups is 1.